The van der Waals surface area contributed by atoms with Crippen LogP contribution in [0.3, 0.4) is 0 Å². The van der Waals surface area contributed by atoms with E-state index in [0.29, 0.717) is 0 Å². The van der Waals surface area contributed by atoms with Crippen LogP contribution in [0.2, 0.25) is 0 Å². The van der Waals surface area contributed by atoms with Crippen LogP contribution in [0.5, 0.6) is 0 Å². The number of nitrogens with zero attached hydrogens (tertiary/aromatic N) is 1. The molecule has 0 aliphatic carbocycles. The van der Waals surface area contributed by atoms with Gasteiger partial charge < -0.3 is 9.32 Å². The molecule has 0 aliphatic heterocycles. The SMILES string of the molecule is c1ccc(N(c2ccccc2)c2cccc(-c3c4ccccc4c(-c4c(-c5cccc6ccccc56)oc5ccccc45)c4ccccc34)c2)cc1. The van der Waals surface area contributed by atoms with Crippen molar-refractivity contribution >= 4 is 60.3 Å². The Hall–Kier alpha value is -6.90. The van der Waals surface area contributed by atoms with Gasteiger partial charge in [0.05, 0.1) is 0 Å². The number of benzene rings is 9. The van der Waals surface area contributed by atoms with Gasteiger partial charge in [0.1, 0.15) is 11.3 Å². The summed E-state index contributed by atoms with van der Waals surface area (Å²) in [7, 11) is 0. The summed E-state index contributed by atoms with van der Waals surface area (Å²) in [5, 5.41) is 8.26. The normalized spacial score (nSPS) is 11.5. The zero-order valence-electron chi connectivity index (χ0n) is 28.4. The van der Waals surface area contributed by atoms with E-state index in [-0.39, 0.29) is 0 Å². The lowest BCUT2D eigenvalue weighted by Crippen LogP contribution is -2.09. The molecule has 0 aliphatic rings. The van der Waals surface area contributed by atoms with Crippen molar-refractivity contribution in [2.24, 2.45) is 0 Å². The summed E-state index contributed by atoms with van der Waals surface area (Å²) >= 11 is 0. The monoisotopic (exact) mass is 663 g/mol. The summed E-state index contributed by atoms with van der Waals surface area (Å²) in [4.78, 5) is 2.33. The molecular weight excluding hydrogens is 631 g/mol. The van der Waals surface area contributed by atoms with Crippen molar-refractivity contribution in [1.29, 1.82) is 0 Å². The summed E-state index contributed by atoms with van der Waals surface area (Å²) in [6.45, 7) is 0. The molecule has 0 bridgehead atoms. The second-order valence-electron chi connectivity index (χ2n) is 13.2. The summed E-state index contributed by atoms with van der Waals surface area (Å²) in [6, 6.07) is 71.5. The minimum atomic E-state index is 0.882. The quantitative estimate of drug-likeness (QED) is 0.165. The average Bonchev–Trinajstić information content (AvgIpc) is 3.59. The number of hydrogen-bond donors (Lipinski definition) is 0. The van der Waals surface area contributed by atoms with Crippen molar-refractivity contribution in [2.45, 2.75) is 0 Å². The van der Waals surface area contributed by atoms with E-state index in [4.69, 9.17) is 4.42 Å². The first-order chi connectivity index (χ1) is 25.8. The van der Waals surface area contributed by atoms with Gasteiger partial charge in [0.15, 0.2) is 0 Å². The number of anilines is 3. The van der Waals surface area contributed by atoms with Gasteiger partial charge in [0, 0.05) is 39.1 Å². The fraction of sp³-hybridized carbons (Fsp3) is 0. The van der Waals surface area contributed by atoms with E-state index in [9.17, 15) is 0 Å². The highest BCUT2D eigenvalue weighted by molar-refractivity contribution is 6.25. The van der Waals surface area contributed by atoms with E-state index >= 15 is 0 Å². The fourth-order valence-corrected chi connectivity index (χ4v) is 8.02. The van der Waals surface area contributed by atoms with Gasteiger partial charge in [0.25, 0.3) is 0 Å². The van der Waals surface area contributed by atoms with Crippen LogP contribution in [-0.2, 0) is 0 Å². The molecule has 2 nitrogen and oxygen atoms in total. The molecule has 1 aromatic heterocycles. The van der Waals surface area contributed by atoms with E-state index in [0.717, 1.165) is 44.9 Å². The second kappa shape index (κ2) is 12.5. The van der Waals surface area contributed by atoms with Crippen molar-refractivity contribution < 1.29 is 4.42 Å². The van der Waals surface area contributed by atoms with Crippen LogP contribution in [0.1, 0.15) is 0 Å². The number of furan rings is 1. The highest BCUT2D eigenvalue weighted by Gasteiger charge is 2.25. The third kappa shape index (κ3) is 4.88. The third-order valence-corrected chi connectivity index (χ3v) is 10.2. The highest BCUT2D eigenvalue weighted by Crippen LogP contribution is 2.50. The van der Waals surface area contributed by atoms with Gasteiger partial charge in [0.2, 0.25) is 0 Å². The number of para-hydroxylation sites is 3. The zero-order chi connectivity index (χ0) is 34.4. The Morgan fingerprint density at radius 3 is 1.46 bits per heavy atom. The molecule has 0 saturated heterocycles. The molecule has 0 N–H and O–H groups in total. The van der Waals surface area contributed by atoms with Gasteiger partial charge in [-0.1, -0.05) is 158 Å². The van der Waals surface area contributed by atoms with Crippen LogP contribution in [-0.4, -0.2) is 0 Å². The molecule has 0 spiro atoms. The number of fused-ring (bicyclic) bond motifs is 4. The molecule has 0 amide bonds. The first kappa shape index (κ1) is 30.0. The molecule has 0 unspecified atom stereocenters. The van der Waals surface area contributed by atoms with E-state index < -0.39 is 0 Å². The molecule has 10 rings (SSSR count). The van der Waals surface area contributed by atoms with E-state index in [1.54, 1.807) is 0 Å². The lowest BCUT2D eigenvalue weighted by molar-refractivity contribution is 0.633. The van der Waals surface area contributed by atoms with Crippen molar-refractivity contribution in [2.75, 3.05) is 4.90 Å². The molecule has 0 atom stereocenters. The summed E-state index contributed by atoms with van der Waals surface area (Å²) in [5.74, 6) is 0.893. The topological polar surface area (TPSA) is 16.4 Å². The molecule has 10 aromatic rings. The standard InChI is InChI=1S/C50H33NO/c1-3-20-36(21-4-1)51(37-22-5-2-6-23-37)38-24-15-19-35(33-38)47-40-26-9-11-28-42(40)48(43-29-12-10-27-41(43)47)49-45-30-13-14-32-46(45)52-50(49)44-31-16-18-34-17-7-8-25-39(34)44/h1-33H. The molecule has 0 saturated carbocycles. The van der Waals surface area contributed by atoms with Crippen molar-refractivity contribution in [3.8, 4) is 33.6 Å². The summed E-state index contributed by atoms with van der Waals surface area (Å²) in [5.41, 5.74) is 10.0. The molecule has 2 heteroatoms. The van der Waals surface area contributed by atoms with Crippen LogP contribution >= 0.6 is 0 Å². The average molecular weight is 664 g/mol. The van der Waals surface area contributed by atoms with Crippen LogP contribution in [0.15, 0.2) is 205 Å². The molecule has 0 fully saturated rings. The smallest absolute Gasteiger partial charge is 0.143 e. The van der Waals surface area contributed by atoms with Crippen molar-refractivity contribution in [1.82, 2.24) is 0 Å². The van der Waals surface area contributed by atoms with E-state index in [2.05, 4.69) is 205 Å². The van der Waals surface area contributed by atoms with Crippen LogP contribution < -0.4 is 4.90 Å². The van der Waals surface area contributed by atoms with Crippen molar-refractivity contribution in [3.63, 3.8) is 0 Å². The highest BCUT2D eigenvalue weighted by atomic mass is 16.3. The molecule has 1 heterocycles. The van der Waals surface area contributed by atoms with Crippen LogP contribution in [0.25, 0.3) is 76.9 Å². The van der Waals surface area contributed by atoms with E-state index in [1.807, 2.05) is 0 Å². The largest absolute Gasteiger partial charge is 0.455 e. The minimum Gasteiger partial charge on any atom is -0.455 e. The summed E-state index contributed by atoms with van der Waals surface area (Å²) < 4.78 is 6.88. The Morgan fingerprint density at radius 2 is 0.808 bits per heavy atom. The van der Waals surface area contributed by atoms with Gasteiger partial charge >= 0.3 is 0 Å². The van der Waals surface area contributed by atoms with Crippen LogP contribution in [0, 0.1) is 0 Å². The molecule has 0 radical (unpaired) electrons. The van der Waals surface area contributed by atoms with Gasteiger partial charge in [-0.15, -0.1) is 0 Å². The Morgan fingerprint density at radius 1 is 0.327 bits per heavy atom. The third-order valence-electron chi connectivity index (χ3n) is 10.2. The predicted molar refractivity (Wildman–Crippen MR) is 220 cm³/mol. The minimum absolute atomic E-state index is 0.882. The maximum Gasteiger partial charge on any atom is 0.143 e. The molecule has 9 aromatic carbocycles. The number of rotatable bonds is 6. The Kier molecular flexibility index (Phi) is 7.18. The van der Waals surface area contributed by atoms with Gasteiger partial charge in [-0.05, 0) is 85.9 Å². The summed E-state index contributed by atoms with van der Waals surface area (Å²) in [6.07, 6.45) is 0. The maximum atomic E-state index is 6.88. The van der Waals surface area contributed by atoms with Gasteiger partial charge in [-0.25, -0.2) is 0 Å². The Labute approximate surface area is 302 Å². The fourth-order valence-electron chi connectivity index (χ4n) is 8.02. The lowest BCUT2D eigenvalue weighted by Gasteiger charge is -2.26. The Balaban J connectivity index is 1.27. The maximum absolute atomic E-state index is 6.88. The Bertz CT molecular complexity index is 2800. The molecular formula is C50H33NO. The van der Waals surface area contributed by atoms with Gasteiger partial charge in [-0.3, -0.25) is 0 Å². The second-order valence-corrected chi connectivity index (χ2v) is 13.2. The first-order valence-corrected chi connectivity index (χ1v) is 17.8. The first-order valence-electron chi connectivity index (χ1n) is 17.8. The number of hydrogen-bond acceptors (Lipinski definition) is 2. The molecule has 244 valence electrons. The van der Waals surface area contributed by atoms with Crippen molar-refractivity contribution in [3.05, 3.63) is 200 Å². The van der Waals surface area contributed by atoms with Gasteiger partial charge in [-0.2, -0.15) is 0 Å². The zero-order valence-corrected chi connectivity index (χ0v) is 28.4. The van der Waals surface area contributed by atoms with Crippen LogP contribution in [0.4, 0.5) is 17.1 Å². The predicted octanol–water partition coefficient (Wildman–Crippen LogP) is 14.4. The van der Waals surface area contributed by atoms with E-state index in [1.165, 1.54) is 49.0 Å². The molecule has 52 heavy (non-hydrogen) atoms. The lowest BCUT2D eigenvalue weighted by atomic mass is 9.84.